The molecule has 0 saturated heterocycles. The molecule has 3 rings (SSSR count). The summed E-state index contributed by atoms with van der Waals surface area (Å²) < 4.78 is 40.2. The molecule has 1 aromatic carbocycles. The van der Waals surface area contributed by atoms with E-state index in [2.05, 4.69) is 5.10 Å². The molecule has 0 fully saturated rings. The van der Waals surface area contributed by atoms with Crippen molar-refractivity contribution < 1.29 is 23.1 Å². The second kappa shape index (κ2) is 9.00. The molecule has 0 radical (unpaired) electrons. The van der Waals surface area contributed by atoms with Crippen LogP contribution in [0.15, 0.2) is 42.6 Å². The molecule has 7 heteroatoms. The zero-order valence-corrected chi connectivity index (χ0v) is 17.8. The molecule has 3 aromatic rings. The van der Waals surface area contributed by atoms with Crippen LogP contribution in [0.4, 0.5) is 13.2 Å². The second-order valence-electron chi connectivity index (χ2n) is 7.90. The van der Waals surface area contributed by atoms with Crippen molar-refractivity contribution in [2.24, 2.45) is 0 Å². The molecule has 0 aliphatic rings. The predicted octanol–water partition coefficient (Wildman–Crippen LogP) is 5.76. The van der Waals surface area contributed by atoms with Gasteiger partial charge in [0.25, 0.3) is 0 Å². The van der Waals surface area contributed by atoms with Gasteiger partial charge in [-0.05, 0) is 51.0 Å². The lowest BCUT2D eigenvalue weighted by molar-refractivity contribution is -0.137. The summed E-state index contributed by atoms with van der Waals surface area (Å²) in [7, 11) is 0. The van der Waals surface area contributed by atoms with Gasteiger partial charge in [0.1, 0.15) is 5.78 Å². The fourth-order valence-corrected chi connectivity index (χ4v) is 3.13. The number of benzene rings is 1. The van der Waals surface area contributed by atoms with E-state index in [9.17, 15) is 18.0 Å². The first-order valence-electron chi connectivity index (χ1n) is 9.69. The van der Waals surface area contributed by atoms with Gasteiger partial charge in [0.05, 0.1) is 22.4 Å². The summed E-state index contributed by atoms with van der Waals surface area (Å²) >= 11 is 0. The molecule has 2 aromatic heterocycles. The highest BCUT2D eigenvalue weighted by atomic mass is 19.4. The molecule has 162 valence electrons. The minimum Gasteiger partial charge on any atom is -0.390 e. The number of halogens is 3. The average Bonchev–Trinajstić information content (AvgIpc) is 2.95. The van der Waals surface area contributed by atoms with Crippen molar-refractivity contribution in [3.63, 3.8) is 0 Å². The van der Waals surface area contributed by atoms with E-state index in [-0.39, 0.29) is 12.2 Å². The molecule has 0 unspecified atom stereocenters. The molecule has 0 spiro atoms. The Balaban J connectivity index is 0.000000303. The van der Waals surface area contributed by atoms with Crippen LogP contribution in [0, 0.1) is 13.8 Å². The lowest BCUT2D eigenvalue weighted by Crippen LogP contribution is -2.22. The Morgan fingerprint density at radius 3 is 2.27 bits per heavy atom. The molecule has 0 saturated carbocycles. The number of hydrogen-bond acceptors (Lipinski definition) is 3. The number of aryl methyl sites for hydroxylation is 2. The molecular formula is C23H27F3N2O2. The van der Waals surface area contributed by atoms with Gasteiger partial charge in [0.15, 0.2) is 0 Å². The van der Waals surface area contributed by atoms with Crippen LogP contribution in [-0.2, 0) is 11.0 Å². The van der Waals surface area contributed by atoms with Gasteiger partial charge in [-0.15, -0.1) is 0 Å². The first-order valence-corrected chi connectivity index (χ1v) is 9.69. The SMILES string of the molecule is CCC(=O)CC(C)(C)O.Cc1ccccc1-c1c(C)nn2ccc(C(F)(F)F)cc12. The van der Waals surface area contributed by atoms with Crippen LogP contribution in [0.5, 0.6) is 0 Å². The highest BCUT2D eigenvalue weighted by molar-refractivity contribution is 5.84. The average molecular weight is 420 g/mol. The number of fused-ring (bicyclic) bond motifs is 1. The Kier molecular flexibility index (Phi) is 7.08. The maximum atomic E-state index is 12.9. The first kappa shape index (κ1) is 23.6. The zero-order chi connectivity index (χ0) is 22.7. The van der Waals surface area contributed by atoms with Crippen molar-refractivity contribution in [3.05, 3.63) is 59.4 Å². The minimum atomic E-state index is -4.36. The number of ketones is 1. The third kappa shape index (κ3) is 5.92. The number of rotatable bonds is 4. The van der Waals surface area contributed by atoms with E-state index in [0.717, 1.165) is 28.8 Å². The van der Waals surface area contributed by atoms with E-state index in [1.807, 2.05) is 38.1 Å². The molecule has 0 atom stereocenters. The Bertz CT molecular complexity index is 1030. The van der Waals surface area contributed by atoms with E-state index >= 15 is 0 Å². The molecule has 2 heterocycles. The van der Waals surface area contributed by atoms with Gasteiger partial charge >= 0.3 is 6.18 Å². The fraction of sp³-hybridized carbons (Fsp3) is 0.391. The van der Waals surface area contributed by atoms with Crippen molar-refractivity contribution in [1.82, 2.24) is 9.61 Å². The lowest BCUT2D eigenvalue weighted by Gasteiger charge is -2.14. The molecule has 0 aliphatic carbocycles. The van der Waals surface area contributed by atoms with Gasteiger partial charge < -0.3 is 5.11 Å². The molecule has 0 aliphatic heterocycles. The lowest BCUT2D eigenvalue weighted by atomic mass is 9.99. The number of carbonyl (C=O) groups is 1. The van der Waals surface area contributed by atoms with E-state index in [1.54, 1.807) is 20.8 Å². The molecule has 30 heavy (non-hydrogen) atoms. The Morgan fingerprint density at radius 2 is 1.77 bits per heavy atom. The molecule has 1 N–H and O–H groups in total. The number of Topliss-reactive ketones (excluding diaryl/α,β-unsaturated/α-hetero) is 1. The molecule has 0 amide bonds. The number of nitrogens with zero attached hydrogens (tertiary/aromatic N) is 2. The maximum absolute atomic E-state index is 12.9. The van der Waals surface area contributed by atoms with Crippen LogP contribution >= 0.6 is 0 Å². The Morgan fingerprint density at radius 1 is 1.13 bits per heavy atom. The standard InChI is InChI=1S/C16H13F3N2.C7H14O2/c1-10-5-3-4-6-13(10)15-11(2)20-21-8-7-12(9-14(15)21)16(17,18)19;1-4-6(8)5-7(2,3)9/h3-9H,1-2H3;9H,4-5H2,1-3H3. The van der Waals surface area contributed by atoms with Gasteiger partial charge in [-0.25, -0.2) is 4.52 Å². The zero-order valence-electron chi connectivity index (χ0n) is 17.8. The van der Waals surface area contributed by atoms with Gasteiger partial charge in [0, 0.05) is 24.6 Å². The van der Waals surface area contributed by atoms with E-state index in [0.29, 0.717) is 17.6 Å². The van der Waals surface area contributed by atoms with Crippen LogP contribution in [0.2, 0.25) is 0 Å². The van der Waals surface area contributed by atoms with Gasteiger partial charge in [-0.3, -0.25) is 4.79 Å². The fourth-order valence-electron chi connectivity index (χ4n) is 3.13. The number of hydrogen-bond donors (Lipinski definition) is 1. The third-order valence-corrected chi connectivity index (χ3v) is 4.58. The van der Waals surface area contributed by atoms with Crippen molar-refractivity contribution >= 4 is 11.3 Å². The summed E-state index contributed by atoms with van der Waals surface area (Å²) in [6.45, 7) is 8.82. The minimum absolute atomic E-state index is 0.113. The summed E-state index contributed by atoms with van der Waals surface area (Å²) in [5, 5.41) is 13.4. The van der Waals surface area contributed by atoms with E-state index in [4.69, 9.17) is 5.11 Å². The summed E-state index contributed by atoms with van der Waals surface area (Å²) in [6, 6.07) is 9.81. The molecule has 4 nitrogen and oxygen atoms in total. The number of alkyl halides is 3. The van der Waals surface area contributed by atoms with Gasteiger partial charge in [-0.2, -0.15) is 18.3 Å². The monoisotopic (exact) mass is 420 g/mol. The second-order valence-corrected chi connectivity index (χ2v) is 7.90. The highest BCUT2D eigenvalue weighted by Crippen LogP contribution is 2.35. The van der Waals surface area contributed by atoms with Crippen molar-refractivity contribution in [2.45, 2.75) is 59.2 Å². The van der Waals surface area contributed by atoms with Crippen molar-refractivity contribution in [1.29, 1.82) is 0 Å². The summed E-state index contributed by atoms with van der Waals surface area (Å²) in [6.07, 6.45) is -2.22. The third-order valence-electron chi connectivity index (χ3n) is 4.58. The van der Waals surface area contributed by atoms with Crippen LogP contribution in [0.1, 0.15) is 50.4 Å². The maximum Gasteiger partial charge on any atom is 0.416 e. The van der Waals surface area contributed by atoms with E-state index < -0.39 is 17.3 Å². The largest absolute Gasteiger partial charge is 0.416 e. The van der Waals surface area contributed by atoms with Crippen LogP contribution in [0.3, 0.4) is 0 Å². The number of pyridine rings is 1. The first-order chi connectivity index (χ1) is 13.8. The van der Waals surface area contributed by atoms with Crippen LogP contribution in [0.25, 0.3) is 16.6 Å². The quantitative estimate of drug-likeness (QED) is 0.584. The van der Waals surface area contributed by atoms with Gasteiger partial charge in [-0.1, -0.05) is 31.2 Å². The van der Waals surface area contributed by atoms with E-state index in [1.165, 1.54) is 10.7 Å². The summed E-state index contributed by atoms with van der Waals surface area (Å²) in [5.74, 6) is 0.113. The summed E-state index contributed by atoms with van der Waals surface area (Å²) in [4.78, 5) is 10.7. The van der Waals surface area contributed by atoms with Crippen LogP contribution < -0.4 is 0 Å². The number of aromatic nitrogens is 2. The highest BCUT2D eigenvalue weighted by Gasteiger charge is 2.31. The number of carbonyl (C=O) groups excluding carboxylic acids is 1. The Hall–Kier alpha value is -2.67. The molecule has 0 bridgehead atoms. The van der Waals surface area contributed by atoms with Gasteiger partial charge in [0.2, 0.25) is 0 Å². The summed E-state index contributed by atoms with van der Waals surface area (Å²) in [5.41, 5.74) is 2.36. The predicted molar refractivity (Wildman–Crippen MR) is 111 cm³/mol. The Labute approximate surface area is 174 Å². The smallest absolute Gasteiger partial charge is 0.390 e. The van der Waals surface area contributed by atoms with Crippen molar-refractivity contribution in [3.8, 4) is 11.1 Å². The topological polar surface area (TPSA) is 54.6 Å². The van der Waals surface area contributed by atoms with Crippen LogP contribution in [-0.4, -0.2) is 26.1 Å². The number of aliphatic hydroxyl groups is 1. The normalized spacial score (nSPS) is 11.9. The van der Waals surface area contributed by atoms with Crippen molar-refractivity contribution in [2.75, 3.05) is 0 Å². The molecular weight excluding hydrogens is 393 g/mol.